The summed E-state index contributed by atoms with van der Waals surface area (Å²) in [4.78, 5) is 0. The first-order valence-corrected chi connectivity index (χ1v) is 9.58. The molecule has 20 heavy (non-hydrogen) atoms. The summed E-state index contributed by atoms with van der Waals surface area (Å²) in [6.45, 7) is 4.03. The van der Waals surface area contributed by atoms with Crippen LogP contribution >= 0.6 is 0 Å². The predicted octanol–water partition coefficient (Wildman–Crippen LogP) is 3.98. The highest BCUT2D eigenvalue weighted by molar-refractivity contribution is 7.87. The fourth-order valence-corrected chi connectivity index (χ4v) is 2.96. The molecule has 5 heteroatoms. The van der Waals surface area contributed by atoms with Crippen LogP contribution in [-0.2, 0) is 14.3 Å². The van der Waals surface area contributed by atoms with Crippen LogP contribution in [0.15, 0.2) is 0 Å². The number of rotatable bonds is 14. The second-order valence-corrected chi connectivity index (χ2v) is 7.13. The summed E-state index contributed by atoms with van der Waals surface area (Å²) in [6, 6.07) is 0. The van der Waals surface area contributed by atoms with Crippen LogP contribution in [0.3, 0.4) is 0 Å². The van der Waals surface area contributed by atoms with Crippen LogP contribution in [0.2, 0.25) is 0 Å². The van der Waals surface area contributed by atoms with Crippen molar-refractivity contribution in [1.29, 1.82) is 0 Å². The second kappa shape index (κ2) is 12.6. The van der Waals surface area contributed by atoms with E-state index < -0.39 is 15.6 Å². The van der Waals surface area contributed by atoms with Gasteiger partial charge in [-0.3, -0.25) is 4.18 Å². The highest BCUT2D eigenvalue weighted by Crippen LogP contribution is 2.11. The van der Waals surface area contributed by atoms with Crippen LogP contribution in [0.1, 0.15) is 84.5 Å². The summed E-state index contributed by atoms with van der Waals surface area (Å²) < 4.78 is 27.5. The van der Waals surface area contributed by atoms with Crippen LogP contribution in [0, 0.1) is 0 Å². The van der Waals surface area contributed by atoms with Gasteiger partial charge < -0.3 is 5.11 Å². The van der Waals surface area contributed by atoms with E-state index in [9.17, 15) is 13.5 Å². The fraction of sp³-hybridized carbons (Fsp3) is 1.00. The molecule has 0 aromatic carbocycles. The Morgan fingerprint density at radius 1 is 0.850 bits per heavy atom. The molecule has 0 bridgehead atoms. The fourth-order valence-electron chi connectivity index (χ4n) is 2.05. The van der Waals surface area contributed by atoms with E-state index in [4.69, 9.17) is 4.18 Å². The van der Waals surface area contributed by atoms with Gasteiger partial charge in [0.25, 0.3) is 10.1 Å². The number of unbranched alkanes of at least 4 members (excludes halogenated alkanes) is 9. The van der Waals surface area contributed by atoms with Crippen LogP contribution in [-0.4, -0.2) is 25.6 Å². The van der Waals surface area contributed by atoms with E-state index in [1.807, 2.05) is 0 Å². The Morgan fingerprint density at radius 3 is 1.75 bits per heavy atom. The number of hydrogen-bond donors (Lipinski definition) is 1. The third-order valence-corrected chi connectivity index (χ3v) is 4.92. The first-order chi connectivity index (χ1) is 9.54. The molecule has 0 saturated carbocycles. The van der Waals surface area contributed by atoms with Crippen LogP contribution in [0.4, 0.5) is 0 Å². The lowest BCUT2D eigenvalue weighted by Gasteiger charge is -2.09. The van der Waals surface area contributed by atoms with Gasteiger partial charge in [0, 0.05) is 0 Å². The van der Waals surface area contributed by atoms with E-state index in [-0.39, 0.29) is 13.0 Å². The molecule has 0 fully saturated rings. The molecule has 0 aromatic heterocycles. The molecule has 0 spiro atoms. The Balaban J connectivity index is 3.33. The van der Waals surface area contributed by atoms with Crippen LogP contribution < -0.4 is 0 Å². The Morgan fingerprint density at radius 2 is 1.30 bits per heavy atom. The van der Waals surface area contributed by atoms with E-state index in [2.05, 4.69) is 6.92 Å². The quantitative estimate of drug-likeness (QED) is 0.389. The van der Waals surface area contributed by atoms with Gasteiger partial charge in [-0.2, -0.15) is 8.42 Å². The van der Waals surface area contributed by atoms with Crippen molar-refractivity contribution in [2.24, 2.45) is 0 Å². The smallest absolute Gasteiger partial charge is 0.294 e. The van der Waals surface area contributed by atoms with Gasteiger partial charge in [-0.15, -0.1) is 0 Å². The summed E-state index contributed by atoms with van der Waals surface area (Å²) in [5.41, 5.74) is -1.38. The standard InChI is InChI=1S/C15H32O4S/c1-3-5-6-7-8-9-10-11-12-13-14-19-20(17,18)15(16)4-2/h15-16H,3-14H2,1-2H3. The van der Waals surface area contributed by atoms with Gasteiger partial charge in [0.15, 0.2) is 5.44 Å². The number of hydrogen-bond acceptors (Lipinski definition) is 4. The summed E-state index contributed by atoms with van der Waals surface area (Å²) in [5.74, 6) is 0. The minimum Gasteiger partial charge on any atom is -0.375 e. The van der Waals surface area contributed by atoms with Crippen LogP contribution in [0.5, 0.6) is 0 Å². The molecule has 1 N–H and O–H groups in total. The van der Waals surface area contributed by atoms with Gasteiger partial charge in [-0.05, 0) is 12.8 Å². The van der Waals surface area contributed by atoms with Gasteiger partial charge in [0.2, 0.25) is 0 Å². The summed E-state index contributed by atoms with van der Waals surface area (Å²) in [7, 11) is -3.77. The SMILES string of the molecule is CCCCCCCCCCCCOS(=O)(=O)C(O)CC. The first-order valence-electron chi connectivity index (χ1n) is 8.11. The monoisotopic (exact) mass is 308 g/mol. The zero-order valence-corrected chi connectivity index (χ0v) is 14.0. The lowest BCUT2D eigenvalue weighted by atomic mass is 10.1. The lowest BCUT2D eigenvalue weighted by molar-refractivity contribution is 0.206. The highest BCUT2D eigenvalue weighted by Gasteiger charge is 2.21. The van der Waals surface area contributed by atoms with Crippen molar-refractivity contribution in [2.45, 2.75) is 89.9 Å². The molecule has 0 aromatic rings. The van der Waals surface area contributed by atoms with Crippen molar-refractivity contribution in [2.75, 3.05) is 6.61 Å². The molecule has 0 rings (SSSR count). The molecule has 1 atom stereocenters. The minimum absolute atomic E-state index is 0.167. The molecule has 0 heterocycles. The Bertz CT molecular complexity index is 301. The molecular formula is C15H32O4S. The topological polar surface area (TPSA) is 63.6 Å². The van der Waals surface area contributed by atoms with Crippen molar-refractivity contribution < 1.29 is 17.7 Å². The van der Waals surface area contributed by atoms with Gasteiger partial charge in [-0.1, -0.05) is 71.6 Å². The molecule has 0 aliphatic carbocycles. The molecule has 4 nitrogen and oxygen atoms in total. The molecule has 0 amide bonds. The normalized spacial score (nSPS) is 13.6. The zero-order valence-electron chi connectivity index (χ0n) is 13.1. The average molecular weight is 308 g/mol. The maximum atomic E-state index is 11.3. The van der Waals surface area contributed by atoms with Crippen LogP contribution in [0.25, 0.3) is 0 Å². The molecule has 1 unspecified atom stereocenters. The van der Waals surface area contributed by atoms with Gasteiger partial charge in [-0.25, -0.2) is 0 Å². The third kappa shape index (κ3) is 10.6. The largest absolute Gasteiger partial charge is 0.375 e. The maximum Gasteiger partial charge on any atom is 0.294 e. The Labute approximate surface area is 125 Å². The van der Waals surface area contributed by atoms with Crippen molar-refractivity contribution >= 4 is 10.1 Å². The Hall–Kier alpha value is -0.130. The van der Waals surface area contributed by atoms with E-state index in [0.29, 0.717) is 0 Å². The third-order valence-electron chi connectivity index (χ3n) is 3.43. The molecule has 0 saturated heterocycles. The number of aliphatic hydroxyl groups is 1. The van der Waals surface area contributed by atoms with Crippen molar-refractivity contribution in [3.63, 3.8) is 0 Å². The highest BCUT2D eigenvalue weighted by atomic mass is 32.2. The average Bonchev–Trinajstić information content (AvgIpc) is 2.43. The second-order valence-electron chi connectivity index (χ2n) is 5.36. The summed E-state index contributed by atoms with van der Waals surface area (Å²) >= 11 is 0. The molecule has 0 aliphatic heterocycles. The molecule has 122 valence electrons. The van der Waals surface area contributed by atoms with E-state index in [1.54, 1.807) is 6.92 Å². The van der Waals surface area contributed by atoms with Crippen molar-refractivity contribution in [3.8, 4) is 0 Å². The van der Waals surface area contributed by atoms with E-state index >= 15 is 0 Å². The maximum absolute atomic E-state index is 11.3. The van der Waals surface area contributed by atoms with E-state index in [0.717, 1.165) is 19.3 Å². The zero-order chi connectivity index (χ0) is 15.3. The van der Waals surface area contributed by atoms with Gasteiger partial charge in [0.05, 0.1) is 6.61 Å². The number of aliphatic hydroxyl groups excluding tert-OH is 1. The summed E-state index contributed by atoms with van der Waals surface area (Å²) in [5, 5.41) is 9.23. The van der Waals surface area contributed by atoms with Crippen molar-refractivity contribution in [3.05, 3.63) is 0 Å². The van der Waals surface area contributed by atoms with Crippen molar-refractivity contribution in [1.82, 2.24) is 0 Å². The minimum atomic E-state index is -3.77. The van der Waals surface area contributed by atoms with Gasteiger partial charge >= 0.3 is 0 Å². The Kier molecular flexibility index (Phi) is 12.5. The molecule has 0 aliphatic rings. The van der Waals surface area contributed by atoms with E-state index in [1.165, 1.54) is 44.9 Å². The summed E-state index contributed by atoms with van der Waals surface area (Å²) in [6.07, 6.45) is 12.2. The predicted molar refractivity (Wildman–Crippen MR) is 83.0 cm³/mol. The first kappa shape index (κ1) is 19.9. The molecular weight excluding hydrogens is 276 g/mol. The molecule has 0 radical (unpaired) electrons. The van der Waals surface area contributed by atoms with Gasteiger partial charge in [0.1, 0.15) is 0 Å². The lowest BCUT2D eigenvalue weighted by Crippen LogP contribution is -2.22.